The molecule has 0 radical (unpaired) electrons. The highest BCUT2D eigenvalue weighted by atomic mass is 79.9. The first-order valence-electron chi connectivity index (χ1n) is 4.98. The molecule has 0 nitrogen and oxygen atoms in total. The third kappa shape index (κ3) is 2.50. The molecule has 1 heterocycles. The van der Waals surface area contributed by atoms with Gasteiger partial charge in [0.15, 0.2) is 0 Å². The standard InChI is InChI=1S/C13H13BrS/c1-9-3-5-11(6-4-9)10(2)12-7-8-13(14)15-12/h3-8,10H,1-2H3. The number of aryl methyl sites for hydroxylation is 1. The average Bonchev–Trinajstić information content (AvgIpc) is 2.65. The lowest BCUT2D eigenvalue weighted by molar-refractivity contribution is 0.946. The van der Waals surface area contributed by atoms with Crippen LogP contribution >= 0.6 is 27.3 Å². The van der Waals surface area contributed by atoms with E-state index >= 15 is 0 Å². The molecule has 0 aliphatic heterocycles. The Hall–Kier alpha value is -0.600. The molecule has 1 aromatic heterocycles. The second-order valence-electron chi connectivity index (χ2n) is 3.77. The van der Waals surface area contributed by atoms with Crippen LogP contribution in [0.2, 0.25) is 0 Å². The summed E-state index contributed by atoms with van der Waals surface area (Å²) in [6.07, 6.45) is 0. The second-order valence-corrected chi connectivity index (χ2v) is 6.27. The van der Waals surface area contributed by atoms with Crippen molar-refractivity contribution in [3.05, 3.63) is 56.2 Å². The lowest BCUT2D eigenvalue weighted by Gasteiger charge is -2.09. The van der Waals surface area contributed by atoms with Crippen molar-refractivity contribution in [2.45, 2.75) is 19.8 Å². The van der Waals surface area contributed by atoms with Gasteiger partial charge in [-0.25, -0.2) is 0 Å². The normalized spacial score (nSPS) is 12.7. The molecule has 0 saturated carbocycles. The molecule has 1 atom stereocenters. The number of hydrogen-bond donors (Lipinski definition) is 0. The molecular formula is C13H13BrS. The summed E-state index contributed by atoms with van der Waals surface area (Å²) < 4.78 is 1.21. The smallest absolute Gasteiger partial charge is 0.0701 e. The molecule has 1 unspecified atom stereocenters. The minimum absolute atomic E-state index is 0.488. The zero-order valence-electron chi connectivity index (χ0n) is 8.83. The molecule has 0 N–H and O–H groups in total. The summed E-state index contributed by atoms with van der Waals surface area (Å²) in [7, 11) is 0. The van der Waals surface area contributed by atoms with E-state index < -0.39 is 0 Å². The van der Waals surface area contributed by atoms with Crippen LogP contribution in [0.5, 0.6) is 0 Å². The second kappa shape index (κ2) is 4.50. The van der Waals surface area contributed by atoms with Gasteiger partial charge in [-0.15, -0.1) is 11.3 Å². The maximum Gasteiger partial charge on any atom is 0.0701 e. The van der Waals surface area contributed by atoms with Crippen LogP contribution in [0.1, 0.15) is 28.8 Å². The molecule has 1 aromatic carbocycles. The first kappa shape index (κ1) is 10.9. The first-order chi connectivity index (χ1) is 7.16. The summed E-state index contributed by atoms with van der Waals surface area (Å²) in [6.45, 7) is 4.37. The Kier molecular flexibility index (Phi) is 3.27. The SMILES string of the molecule is Cc1ccc(C(C)c2ccc(Br)s2)cc1. The first-order valence-corrected chi connectivity index (χ1v) is 6.59. The number of thiophene rings is 1. The van der Waals surface area contributed by atoms with Gasteiger partial charge in [-0.05, 0) is 40.5 Å². The molecule has 0 aliphatic carbocycles. The zero-order chi connectivity index (χ0) is 10.8. The molecule has 2 rings (SSSR count). The van der Waals surface area contributed by atoms with E-state index in [1.165, 1.54) is 19.8 Å². The van der Waals surface area contributed by atoms with Gasteiger partial charge in [-0.3, -0.25) is 0 Å². The number of benzene rings is 1. The van der Waals surface area contributed by atoms with E-state index in [4.69, 9.17) is 0 Å². The minimum Gasteiger partial charge on any atom is -0.133 e. The third-order valence-corrected chi connectivity index (χ3v) is 4.40. The summed E-state index contributed by atoms with van der Waals surface area (Å²) in [5, 5.41) is 0. The van der Waals surface area contributed by atoms with Gasteiger partial charge >= 0.3 is 0 Å². The van der Waals surface area contributed by atoms with Crippen LogP contribution in [0.25, 0.3) is 0 Å². The van der Waals surface area contributed by atoms with Crippen LogP contribution in [0, 0.1) is 6.92 Å². The lowest BCUT2D eigenvalue weighted by Crippen LogP contribution is -1.92. The summed E-state index contributed by atoms with van der Waals surface area (Å²) in [4.78, 5) is 1.41. The Morgan fingerprint density at radius 1 is 1.07 bits per heavy atom. The fourth-order valence-corrected chi connectivity index (χ4v) is 3.08. The molecule has 2 aromatic rings. The maximum atomic E-state index is 3.50. The molecule has 0 spiro atoms. The molecule has 2 heteroatoms. The van der Waals surface area contributed by atoms with Gasteiger partial charge in [-0.2, -0.15) is 0 Å². The predicted octanol–water partition coefficient (Wildman–Crippen LogP) is 4.97. The summed E-state index contributed by atoms with van der Waals surface area (Å²) in [5.74, 6) is 0.488. The Morgan fingerprint density at radius 3 is 2.27 bits per heavy atom. The number of hydrogen-bond acceptors (Lipinski definition) is 1. The molecule has 78 valence electrons. The summed E-state index contributed by atoms with van der Waals surface area (Å²) in [5.41, 5.74) is 2.70. The monoisotopic (exact) mass is 280 g/mol. The molecule has 0 amide bonds. The van der Waals surface area contributed by atoms with Crippen LogP contribution in [-0.2, 0) is 0 Å². The van der Waals surface area contributed by atoms with E-state index in [1.54, 1.807) is 0 Å². The number of rotatable bonds is 2. The van der Waals surface area contributed by atoms with Gasteiger partial charge in [0, 0.05) is 10.8 Å². The van der Waals surface area contributed by atoms with Gasteiger partial charge < -0.3 is 0 Å². The average molecular weight is 281 g/mol. The van der Waals surface area contributed by atoms with Gasteiger partial charge in [0.25, 0.3) is 0 Å². The quantitative estimate of drug-likeness (QED) is 0.729. The van der Waals surface area contributed by atoms with Crippen molar-refractivity contribution in [2.24, 2.45) is 0 Å². The van der Waals surface area contributed by atoms with Crippen LogP contribution in [0.3, 0.4) is 0 Å². The van der Waals surface area contributed by atoms with E-state index in [1.807, 2.05) is 11.3 Å². The molecule has 0 bridgehead atoms. The van der Waals surface area contributed by atoms with E-state index in [9.17, 15) is 0 Å². The van der Waals surface area contributed by atoms with Crippen LogP contribution in [0.4, 0.5) is 0 Å². The highest BCUT2D eigenvalue weighted by molar-refractivity contribution is 9.11. The lowest BCUT2D eigenvalue weighted by atomic mass is 9.99. The molecule has 15 heavy (non-hydrogen) atoms. The van der Waals surface area contributed by atoms with E-state index in [-0.39, 0.29) is 0 Å². The van der Waals surface area contributed by atoms with Gasteiger partial charge in [-0.1, -0.05) is 36.8 Å². The van der Waals surface area contributed by atoms with E-state index in [0.717, 1.165) is 0 Å². The van der Waals surface area contributed by atoms with Crippen molar-refractivity contribution in [1.29, 1.82) is 0 Å². The molecular weight excluding hydrogens is 268 g/mol. The van der Waals surface area contributed by atoms with Crippen molar-refractivity contribution in [2.75, 3.05) is 0 Å². The fraction of sp³-hybridized carbons (Fsp3) is 0.231. The van der Waals surface area contributed by atoms with E-state index in [0.29, 0.717) is 5.92 Å². The molecule has 0 fully saturated rings. The maximum absolute atomic E-state index is 3.50. The number of halogens is 1. The predicted molar refractivity (Wildman–Crippen MR) is 70.7 cm³/mol. The Labute approximate surface area is 103 Å². The van der Waals surface area contributed by atoms with Gasteiger partial charge in [0.1, 0.15) is 0 Å². The topological polar surface area (TPSA) is 0 Å². The van der Waals surface area contributed by atoms with Crippen molar-refractivity contribution in [3.8, 4) is 0 Å². The summed E-state index contributed by atoms with van der Waals surface area (Å²) in [6, 6.07) is 13.1. The Morgan fingerprint density at radius 2 is 1.73 bits per heavy atom. The zero-order valence-corrected chi connectivity index (χ0v) is 11.2. The molecule has 0 aliphatic rings. The minimum atomic E-state index is 0.488. The van der Waals surface area contributed by atoms with Crippen LogP contribution in [0.15, 0.2) is 40.2 Å². The van der Waals surface area contributed by atoms with Crippen molar-refractivity contribution < 1.29 is 0 Å². The highest BCUT2D eigenvalue weighted by Gasteiger charge is 2.09. The van der Waals surface area contributed by atoms with Crippen LogP contribution < -0.4 is 0 Å². The van der Waals surface area contributed by atoms with Crippen molar-refractivity contribution >= 4 is 27.3 Å². The third-order valence-electron chi connectivity index (χ3n) is 2.60. The Bertz CT molecular complexity index is 442. The van der Waals surface area contributed by atoms with Crippen molar-refractivity contribution in [3.63, 3.8) is 0 Å². The highest BCUT2D eigenvalue weighted by Crippen LogP contribution is 2.32. The summed E-state index contributed by atoms with van der Waals surface area (Å²) >= 11 is 5.31. The largest absolute Gasteiger partial charge is 0.133 e. The van der Waals surface area contributed by atoms with E-state index in [2.05, 4.69) is 66.2 Å². The Balaban J connectivity index is 2.28. The van der Waals surface area contributed by atoms with Crippen molar-refractivity contribution in [1.82, 2.24) is 0 Å². The van der Waals surface area contributed by atoms with Crippen LogP contribution in [-0.4, -0.2) is 0 Å². The fourth-order valence-electron chi connectivity index (χ4n) is 1.58. The van der Waals surface area contributed by atoms with Gasteiger partial charge in [0.05, 0.1) is 3.79 Å². The van der Waals surface area contributed by atoms with Gasteiger partial charge in [0.2, 0.25) is 0 Å². The molecule has 0 saturated heterocycles.